The summed E-state index contributed by atoms with van der Waals surface area (Å²) in [5.74, 6) is -1.55. The van der Waals surface area contributed by atoms with Crippen molar-refractivity contribution in [2.24, 2.45) is 0 Å². The van der Waals surface area contributed by atoms with Crippen LogP contribution in [0.1, 0.15) is 20.8 Å². The highest BCUT2D eigenvalue weighted by molar-refractivity contribution is 9.10. The van der Waals surface area contributed by atoms with Crippen LogP contribution in [0.4, 0.5) is 5.69 Å². The summed E-state index contributed by atoms with van der Waals surface area (Å²) in [5, 5.41) is 11.7. The van der Waals surface area contributed by atoms with Gasteiger partial charge in [-0.3, -0.25) is 4.79 Å². The number of aromatic carboxylic acids is 1. The number of benzene rings is 1. The van der Waals surface area contributed by atoms with E-state index in [1.165, 1.54) is 18.2 Å². The Hall–Kier alpha value is -1.92. The highest BCUT2D eigenvalue weighted by Crippen LogP contribution is 2.20. The number of hydrogen-bond donors (Lipinski definition) is 2. The molecule has 0 bridgehead atoms. The Morgan fingerprint density at radius 2 is 2.00 bits per heavy atom. The molecule has 0 saturated carbocycles. The third kappa shape index (κ3) is 3.55. The smallest absolute Gasteiger partial charge is 0.335 e. The Balaban J connectivity index is 2.26. The molecule has 7 heteroatoms. The van der Waals surface area contributed by atoms with Gasteiger partial charge < -0.3 is 10.4 Å². The monoisotopic (exact) mass is 354 g/mol. The maximum Gasteiger partial charge on any atom is 0.335 e. The fourth-order valence-corrected chi connectivity index (χ4v) is 2.17. The van der Waals surface area contributed by atoms with Crippen molar-refractivity contribution in [1.29, 1.82) is 0 Å². The molecule has 5 nitrogen and oxygen atoms in total. The van der Waals surface area contributed by atoms with E-state index in [1.54, 1.807) is 18.2 Å². The number of carbonyl (C=O) groups excluding carboxylic acids is 1. The largest absolute Gasteiger partial charge is 0.478 e. The Bertz CT molecular complexity index is 691. The topological polar surface area (TPSA) is 79.3 Å². The molecule has 0 unspecified atom stereocenters. The molecule has 0 aliphatic rings. The third-order valence-electron chi connectivity index (χ3n) is 2.35. The van der Waals surface area contributed by atoms with E-state index in [2.05, 4.69) is 26.2 Å². The van der Waals surface area contributed by atoms with Crippen LogP contribution in [0.25, 0.3) is 0 Å². The van der Waals surface area contributed by atoms with Crippen LogP contribution >= 0.6 is 27.5 Å². The first-order chi connectivity index (χ1) is 9.45. The number of nitrogens with zero attached hydrogens (tertiary/aromatic N) is 1. The average Bonchev–Trinajstić information content (AvgIpc) is 2.37. The molecule has 2 aromatic rings. The standard InChI is InChI=1S/C13H8BrClN2O3/c14-8-4-7(13(19)20)5-9(6-8)16-12(18)10-2-1-3-11(15)17-10/h1-6H,(H,16,18)(H,19,20). The number of amides is 1. The molecule has 0 spiro atoms. The van der Waals surface area contributed by atoms with Gasteiger partial charge in [0, 0.05) is 10.2 Å². The van der Waals surface area contributed by atoms with E-state index in [9.17, 15) is 9.59 Å². The molecule has 2 rings (SSSR count). The van der Waals surface area contributed by atoms with E-state index >= 15 is 0 Å². The lowest BCUT2D eigenvalue weighted by Crippen LogP contribution is -2.14. The highest BCUT2D eigenvalue weighted by atomic mass is 79.9. The average molecular weight is 356 g/mol. The van der Waals surface area contributed by atoms with Gasteiger partial charge in [0.05, 0.1) is 5.56 Å². The molecule has 102 valence electrons. The molecule has 1 aromatic carbocycles. The van der Waals surface area contributed by atoms with Crippen molar-refractivity contribution in [3.63, 3.8) is 0 Å². The number of hydrogen-bond acceptors (Lipinski definition) is 3. The van der Waals surface area contributed by atoms with E-state index < -0.39 is 11.9 Å². The number of halogens is 2. The van der Waals surface area contributed by atoms with E-state index in [4.69, 9.17) is 16.7 Å². The summed E-state index contributed by atoms with van der Waals surface area (Å²) < 4.78 is 0.548. The SMILES string of the molecule is O=C(O)c1cc(Br)cc(NC(=O)c2cccc(Cl)n2)c1. The zero-order chi connectivity index (χ0) is 14.7. The van der Waals surface area contributed by atoms with Gasteiger partial charge in [0.15, 0.2) is 0 Å². The van der Waals surface area contributed by atoms with E-state index in [0.717, 1.165) is 0 Å². The summed E-state index contributed by atoms with van der Waals surface area (Å²) in [5.41, 5.74) is 0.562. The quantitative estimate of drug-likeness (QED) is 0.827. The van der Waals surface area contributed by atoms with Crippen molar-refractivity contribution < 1.29 is 14.7 Å². The van der Waals surface area contributed by atoms with Crippen molar-refractivity contribution in [3.05, 3.63) is 57.3 Å². The molecular weight excluding hydrogens is 348 g/mol. The second-order valence-electron chi connectivity index (χ2n) is 3.83. The molecule has 0 fully saturated rings. The van der Waals surface area contributed by atoms with Gasteiger partial charge >= 0.3 is 5.97 Å². The van der Waals surface area contributed by atoms with Crippen molar-refractivity contribution in [2.75, 3.05) is 5.32 Å². The number of nitrogens with one attached hydrogen (secondary N) is 1. The minimum absolute atomic E-state index is 0.0636. The number of carbonyl (C=O) groups is 2. The van der Waals surface area contributed by atoms with E-state index in [1.807, 2.05) is 0 Å². The highest BCUT2D eigenvalue weighted by Gasteiger charge is 2.11. The van der Waals surface area contributed by atoms with Gasteiger partial charge in [-0.15, -0.1) is 0 Å². The van der Waals surface area contributed by atoms with Gasteiger partial charge in [0.2, 0.25) is 0 Å². The van der Waals surface area contributed by atoms with Gasteiger partial charge in [0.25, 0.3) is 5.91 Å². The second kappa shape index (κ2) is 6.02. The van der Waals surface area contributed by atoms with Gasteiger partial charge in [-0.05, 0) is 30.3 Å². The molecular formula is C13H8BrClN2O3. The maximum atomic E-state index is 12.0. The second-order valence-corrected chi connectivity index (χ2v) is 5.14. The first kappa shape index (κ1) is 14.5. The van der Waals surface area contributed by atoms with Crippen molar-refractivity contribution in [3.8, 4) is 0 Å². The van der Waals surface area contributed by atoms with Crippen LogP contribution < -0.4 is 5.32 Å². The Morgan fingerprint density at radius 1 is 1.25 bits per heavy atom. The fourth-order valence-electron chi connectivity index (χ4n) is 1.52. The van der Waals surface area contributed by atoms with Gasteiger partial charge in [0.1, 0.15) is 10.8 Å². The number of rotatable bonds is 3. The molecule has 1 amide bonds. The van der Waals surface area contributed by atoms with Gasteiger partial charge in [-0.25, -0.2) is 9.78 Å². The molecule has 2 N–H and O–H groups in total. The lowest BCUT2D eigenvalue weighted by molar-refractivity contribution is 0.0696. The van der Waals surface area contributed by atoms with Crippen LogP contribution in [0.5, 0.6) is 0 Å². The van der Waals surface area contributed by atoms with Crippen LogP contribution in [0.2, 0.25) is 5.15 Å². The first-order valence-electron chi connectivity index (χ1n) is 5.43. The number of carboxylic acids is 1. The normalized spacial score (nSPS) is 10.1. The molecule has 0 aliphatic carbocycles. The summed E-state index contributed by atoms with van der Waals surface area (Å²) in [4.78, 5) is 26.8. The molecule has 0 atom stereocenters. The summed E-state index contributed by atoms with van der Waals surface area (Å²) in [7, 11) is 0. The summed E-state index contributed by atoms with van der Waals surface area (Å²) in [6.45, 7) is 0. The molecule has 20 heavy (non-hydrogen) atoms. The Morgan fingerprint density at radius 3 is 2.65 bits per heavy atom. The minimum atomic E-state index is -1.08. The number of aromatic nitrogens is 1. The first-order valence-corrected chi connectivity index (χ1v) is 6.60. The summed E-state index contributed by atoms with van der Waals surface area (Å²) in [6.07, 6.45) is 0. The lowest BCUT2D eigenvalue weighted by Gasteiger charge is -2.07. The van der Waals surface area contributed by atoms with Crippen molar-refractivity contribution in [2.45, 2.75) is 0 Å². The van der Waals surface area contributed by atoms with Crippen LogP contribution in [0.15, 0.2) is 40.9 Å². The van der Waals surface area contributed by atoms with Crippen LogP contribution in [0, 0.1) is 0 Å². The third-order valence-corrected chi connectivity index (χ3v) is 3.02. The molecule has 0 saturated heterocycles. The molecule has 1 aromatic heterocycles. The fraction of sp³-hybridized carbons (Fsp3) is 0. The Labute approximate surface area is 127 Å². The van der Waals surface area contributed by atoms with E-state index in [-0.39, 0.29) is 16.4 Å². The maximum absolute atomic E-state index is 12.0. The number of carboxylic acid groups (broad SMARTS) is 1. The van der Waals surface area contributed by atoms with Gasteiger partial charge in [-0.1, -0.05) is 33.6 Å². The minimum Gasteiger partial charge on any atom is -0.478 e. The molecule has 1 heterocycles. The van der Waals surface area contributed by atoms with Crippen molar-refractivity contribution in [1.82, 2.24) is 4.98 Å². The van der Waals surface area contributed by atoms with Crippen LogP contribution in [-0.2, 0) is 0 Å². The van der Waals surface area contributed by atoms with E-state index in [0.29, 0.717) is 10.2 Å². The Kier molecular flexibility index (Phi) is 4.36. The lowest BCUT2D eigenvalue weighted by atomic mass is 10.2. The van der Waals surface area contributed by atoms with Crippen LogP contribution in [0.3, 0.4) is 0 Å². The molecule has 0 radical (unpaired) electrons. The summed E-state index contributed by atoms with van der Waals surface area (Å²) >= 11 is 8.90. The summed E-state index contributed by atoms with van der Waals surface area (Å²) in [6, 6.07) is 9.06. The van der Waals surface area contributed by atoms with Crippen molar-refractivity contribution >= 4 is 45.1 Å². The zero-order valence-electron chi connectivity index (χ0n) is 9.93. The predicted octanol–water partition coefficient (Wildman–Crippen LogP) is 3.45. The number of anilines is 1. The number of pyridine rings is 1. The van der Waals surface area contributed by atoms with Crippen LogP contribution in [-0.4, -0.2) is 22.0 Å². The van der Waals surface area contributed by atoms with Gasteiger partial charge in [-0.2, -0.15) is 0 Å². The predicted molar refractivity (Wildman–Crippen MR) is 78.3 cm³/mol. The molecule has 0 aliphatic heterocycles. The zero-order valence-corrected chi connectivity index (χ0v) is 12.3.